The molecule has 1 aromatic rings. The van der Waals surface area contributed by atoms with Crippen molar-refractivity contribution in [2.45, 2.75) is 25.6 Å². The fourth-order valence-electron chi connectivity index (χ4n) is 1.54. The number of nitro groups is 1. The quantitative estimate of drug-likeness (QED) is 0.495. The third kappa shape index (κ3) is 3.49. The lowest BCUT2D eigenvalue weighted by Crippen LogP contribution is -2.19. The SMILES string of the molecule is Cc1ccc([N+](=O)[O-])cc1C(O)C(O)CCBr. The van der Waals surface area contributed by atoms with Crippen molar-refractivity contribution in [3.63, 3.8) is 0 Å². The third-order valence-electron chi connectivity index (χ3n) is 2.56. The van der Waals surface area contributed by atoms with Crippen molar-refractivity contribution in [3.05, 3.63) is 39.4 Å². The Morgan fingerprint density at radius 1 is 1.47 bits per heavy atom. The van der Waals surface area contributed by atoms with E-state index < -0.39 is 17.1 Å². The van der Waals surface area contributed by atoms with Crippen LogP contribution in [0.5, 0.6) is 0 Å². The van der Waals surface area contributed by atoms with E-state index in [1.165, 1.54) is 12.1 Å². The Balaban J connectivity index is 3.03. The van der Waals surface area contributed by atoms with Crippen molar-refractivity contribution in [1.82, 2.24) is 0 Å². The van der Waals surface area contributed by atoms with Gasteiger partial charge in [-0.05, 0) is 24.5 Å². The van der Waals surface area contributed by atoms with Crippen molar-refractivity contribution >= 4 is 21.6 Å². The van der Waals surface area contributed by atoms with E-state index in [1.807, 2.05) is 0 Å². The van der Waals surface area contributed by atoms with Gasteiger partial charge in [0, 0.05) is 17.5 Å². The van der Waals surface area contributed by atoms with Crippen LogP contribution in [0.2, 0.25) is 0 Å². The van der Waals surface area contributed by atoms with Crippen molar-refractivity contribution in [2.24, 2.45) is 0 Å². The van der Waals surface area contributed by atoms with E-state index in [4.69, 9.17) is 0 Å². The van der Waals surface area contributed by atoms with Crippen molar-refractivity contribution in [1.29, 1.82) is 0 Å². The van der Waals surface area contributed by atoms with Gasteiger partial charge in [0.15, 0.2) is 0 Å². The van der Waals surface area contributed by atoms with E-state index in [2.05, 4.69) is 15.9 Å². The second kappa shape index (κ2) is 6.09. The summed E-state index contributed by atoms with van der Waals surface area (Å²) in [5.41, 5.74) is 1.03. The monoisotopic (exact) mass is 303 g/mol. The Kier molecular flexibility index (Phi) is 5.04. The largest absolute Gasteiger partial charge is 0.390 e. The molecule has 0 amide bonds. The number of hydrogen-bond donors (Lipinski definition) is 2. The molecule has 0 saturated carbocycles. The molecule has 0 heterocycles. The molecule has 0 spiro atoms. The molecular weight excluding hydrogens is 290 g/mol. The number of non-ortho nitro benzene ring substituents is 1. The number of halogens is 1. The molecule has 0 fully saturated rings. The summed E-state index contributed by atoms with van der Waals surface area (Å²) in [6, 6.07) is 4.25. The fourth-order valence-corrected chi connectivity index (χ4v) is 2.01. The van der Waals surface area contributed by atoms with Gasteiger partial charge in [0.1, 0.15) is 6.10 Å². The molecule has 6 heteroatoms. The Bertz CT molecular complexity index is 410. The smallest absolute Gasteiger partial charge is 0.269 e. The van der Waals surface area contributed by atoms with E-state index in [-0.39, 0.29) is 5.69 Å². The zero-order valence-electron chi connectivity index (χ0n) is 9.34. The van der Waals surface area contributed by atoms with Gasteiger partial charge in [-0.1, -0.05) is 22.0 Å². The summed E-state index contributed by atoms with van der Waals surface area (Å²) in [7, 11) is 0. The maximum absolute atomic E-state index is 10.6. The summed E-state index contributed by atoms with van der Waals surface area (Å²) in [4.78, 5) is 10.1. The highest BCUT2D eigenvalue weighted by Gasteiger charge is 2.21. The molecule has 1 aromatic carbocycles. The van der Waals surface area contributed by atoms with Crippen LogP contribution in [0.25, 0.3) is 0 Å². The number of rotatable bonds is 5. The van der Waals surface area contributed by atoms with Crippen molar-refractivity contribution < 1.29 is 15.1 Å². The molecule has 2 N–H and O–H groups in total. The first-order chi connectivity index (χ1) is 7.97. The van der Waals surface area contributed by atoms with Crippen LogP contribution in [0.4, 0.5) is 5.69 Å². The lowest BCUT2D eigenvalue weighted by atomic mass is 9.97. The fraction of sp³-hybridized carbons (Fsp3) is 0.455. The predicted molar refractivity (Wildman–Crippen MR) is 67.2 cm³/mol. The summed E-state index contributed by atoms with van der Waals surface area (Å²) >= 11 is 3.17. The zero-order valence-corrected chi connectivity index (χ0v) is 10.9. The summed E-state index contributed by atoms with van der Waals surface area (Å²) in [6.07, 6.45) is -1.66. The first-order valence-corrected chi connectivity index (χ1v) is 6.26. The molecule has 17 heavy (non-hydrogen) atoms. The van der Waals surface area contributed by atoms with Crippen molar-refractivity contribution in [2.75, 3.05) is 5.33 Å². The van der Waals surface area contributed by atoms with Crippen molar-refractivity contribution in [3.8, 4) is 0 Å². The molecule has 0 aliphatic rings. The number of aryl methyl sites for hydroxylation is 1. The number of aliphatic hydroxyl groups excluding tert-OH is 2. The average molecular weight is 304 g/mol. The highest BCUT2D eigenvalue weighted by atomic mass is 79.9. The minimum atomic E-state index is -1.10. The normalized spacial score (nSPS) is 14.4. The number of nitro benzene ring substituents is 1. The summed E-state index contributed by atoms with van der Waals surface area (Å²) in [6.45, 7) is 1.74. The van der Waals surface area contributed by atoms with E-state index in [9.17, 15) is 20.3 Å². The van der Waals surface area contributed by atoms with Crippen LogP contribution in [0.3, 0.4) is 0 Å². The van der Waals surface area contributed by atoms with Crippen LogP contribution in [0.1, 0.15) is 23.7 Å². The minimum absolute atomic E-state index is 0.0873. The van der Waals surface area contributed by atoms with Crippen LogP contribution in [-0.4, -0.2) is 26.6 Å². The second-order valence-electron chi connectivity index (χ2n) is 3.79. The Morgan fingerprint density at radius 2 is 2.12 bits per heavy atom. The van der Waals surface area contributed by atoms with Gasteiger partial charge in [0.25, 0.3) is 5.69 Å². The van der Waals surface area contributed by atoms with Gasteiger partial charge in [-0.2, -0.15) is 0 Å². The maximum atomic E-state index is 10.6. The van der Waals surface area contributed by atoms with E-state index in [0.29, 0.717) is 17.3 Å². The molecule has 0 radical (unpaired) electrons. The number of alkyl halides is 1. The van der Waals surface area contributed by atoms with Gasteiger partial charge in [0.2, 0.25) is 0 Å². The van der Waals surface area contributed by atoms with E-state index >= 15 is 0 Å². The van der Waals surface area contributed by atoms with Crippen LogP contribution in [0, 0.1) is 17.0 Å². The molecule has 0 saturated heterocycles. The van der Waals surface area contributed by atoms with E-state index in [1.54, 1.807) is 13.0 Å². The Labute approximate surface area is 107 Å². The van der Waals surface area contributed by atoms with Crippen LogP contribution in [0.15, 0.2) is 18.2 Å². The molecule has 94 valence electrons. The van der Waals surface area contributed by atoms with Gasteiger partial charge in [-0.25, -0.2) is 0 Å². The second-order valence-corrected chi connectivity index (χ2v) is 4.58. The molecule has 0 bridgehead atoms. The zero-order chi connectivity index (χ0) is 13.0. The van der Waals surface area contributed by atoms with Gasteiger partial charge in [0.05, 0.1) is 11.0 Å². The third-order valence-corrected chi connectivity index (χ3v) is 3.02. The van der Waals surface area contributed by atoms with Gasteiger partial charge in [-0.15, -0.1) is 0 Å². The Hall–Kier alpha value is -0.980. The molecule has 1 rings (SSSR count). The molecule has 2 atom stereocenters. The standard InChI is InChI=1S/C11H14BrNO4/c1-7-2-3-8(13(16)17)6-9(7)11(15)10(14)4-5-12/h2-3,6,10-11,14-15H,4-5H2,1H3. The van der Waals surface area contributed by atoms with Gasteiger partial charge >= 0.3 is 0 Å². The number of aliphatic hydroxyl groups is 2. The molecule has 0 aromatic heterocycles. The topological polar surface area (TPSA) is 83.6 Å². The predicted octanol–water partition coefficient (Wildman–Crippen LogP) is 2.08. The van der Waals surface area contributed by atoms with Crippen LogP contribution >= 0.6 is 15.9 Å². The van der Waals surface area contributed by atoms with Crippen LogP contribution in [-0.2, 0) is 0 Å². The first kappa shape index (κ1) is 14.1. The lowest BCUT2D eigenvalue weighted by Gasteiger charge is -2.18. The van der Waals surface area contributed by atoms with Gasteiger partial charge in [-0.3, -0.25) is 10.1 Å². The summed E-state index contributed by atoms with van der Waals surface area (Å²) < 4.78 is 0. The average Bonchev–Trinajstić information content (AvgIpc) is 2.28. The number of benzene rings is 1. The van der Waals surface area contributed by atoms with E-state index in [0.717, 1.165) is 5.56 Å². The molecule has 2 unspecified atom stereocenters. The molecule has 0 aliphatic heterocycles. The lowest BCUT2D eigenvalue weighted by molar-refractivity contribution is -0.385. The molecular formula is C11H14BrNO4. The van der Waals surface area contributed by atoms with Crippen LogP contribution < -0.4 is 0 Å². The number of nitrogens with zero attached hydrogens (tertiary/aromatic N) is 1. The number of hydrogen-bond acceptors (Lipinski definition) is 4. The van der Waals surface area contributed by atoms with Gasteiger partial charge < -0.3 is 10.2 Å². The minimum Gasteiger partial charge on any atom is -0.390 e. The first-order valence-electron chi connectivity index (χ1n) is 5.14. The maximum Gasteiger partial charge on any atom is 0.269 e. The Morgan fingerprint density at radius 3 is 2.65 bits per heavy atom. The summed E-state index contributed by atoms with van der Waals surface area (Å²) in [5.74, 6) is 0. The highest BCUT2D eigenvalue weighted by molar-refractivity contribution is 9.09. The highest BCUT2D eigenvalue weighted by Crippen LogP contribution is 2.26. The molecule has 0 aliphatic carbocycles. The summed E-state index contributed by atoms with van der Waals surface area (Å²) in [5, 5.41) is 30.8. The molecule has 5 nitrogen and oxygen atoms in total.